The molecule has 0 amide bonds. The van der Waals surface area contributed by atoms with Crippen LogP contribution in [0, 0.1) is 0 Å². The van der Waals surface area contributed by atoms with Crippen molar-refractivity contribution in [3.63, 3.8) is 0 Å². The van der Waals surface area contributed by atoms with E-state index in [0.717, 1.165) is 0 Å². The van der Waals surface area contributed by atoms with E-state index < -0.39 is 10.6 Å². The Labute approximate surface area is 99.5 Å². The predicted octanol–water partition coefficient (Wildman–Crippen LogP) is 2.87. The summed E-state index contributed by atoms with van der Waals surface area (Å²) in [4.78, 5) is 7.73. The van der Waals surface area contributed by atoms with Crippen molar-refractivity contribution >= 4 is 21.7 Å². The molecular weight excluding hydrogens is 286 g/mol. The standard InChI is InChI=1S/C10H9BrF2O3/c1-15-6-3-4-7(8(5-6)16-2)9(14)10(11,12)13/h3-5H,1-2H3. The number of hydrogen-bond acceptors (Lipinski definition) is 3. The van der Waals surface area contributed by atoms with E-state index in [4.69, 9.17) is 9.47 Å². The summed E-state index contributed by atoms with van der Waals surface area (Å²) in [5.74, 6) is -0.887. The molecule has 1 aromatic rings. The lowest BCUT2D eigenvalue weighted by Crippen LogP contribution is -2.21. The lowest BCUT2D eigenvalue weighted by molar-refractivity contribution is 0.0589. The summed E-state index contributed by atoms with van der Waals surface area (Å²) in [7, 11) is 2.72. The van der Waals surface area contributed by atoms with Crippen LogP contribution in [0.15, 0.2) is 18.2 Å². The van der Waals surface area contributed by atoms with Crippen LogP contribution in [0.4, 0.5) is 8.78 Å². The molecule has 0 aromatic heterocycles. The molecule has 88 valence electrons. The molecule has 0 saturated heterocycles. The summed E-state index contributed by atoms with van der Waals surface area (Å²) in [6.45, 7) is 0. The average molecular weight is 295 g/mol. The zero-order valence-electron chi connectivity index (χ0n) is 8.59. The Balaban J connectivity index is 3.19. The number of hydrogen-bond donors (Lipinski definition) is 0. The summed E-state index contributed by atoms with van der Waals surface area (Å²) >= 11 is 2.01. The number of alkyl halides is 3. The molecule has 0 bridgehead atoms. The first kappa shape index (κ1) is 12.9. The molecule has 0 aliphatic rings. The minimum Gasteiger partial charge on any atom is -0.497 e. The van der Waals surface area contributed by atoms with Gasteiger partial charge in [-0.25, -0.2) is 0 Å². The minimum atomic E-state index is -3.60. The first-order valence-electron chi connectivity index (χ1n) is 4.23. The molecule has 0 fully saturated rings. The second kappa shape index (κ2) is 4.78. The van der Waals surface area contributed by atoms with E-state index in [1.54, 1.807) is 0 Å². The van der Waals surface area contributed by atoms with Crippen LogP contribution in [-0.2, 0) is 0 Å². The van der Waals surface area contributed by atoms with E-state index in [1.165, 1.54) is 32.4 Å². The highest BCUT2D eigenvalue weighted by molar-refractivity contribution is 9.10. The highest BCUT2D eigenvalue weighted by Crippen LogP contribution is 2.32. The van der Waals surface area contributed by atoms with Crippen molar-refractivity contribution in [3.8, 4) is 11.5 Å². The largest absolute Gasteiger partial charge is 0.497 e. The second-order valence-corrected chi connectivity index (χ2v) is 3.89. The third kappa shape index (κ3) is 2.69. The third-order valence-corrected chi connectivity index (χ3v) is 2.27. The van der Waals surface area contributed by atoms with Gasteiger partial charge in [-0.2, -0.15) is 8.78 Å². The van der Waals surface area contributed by atoms with Crippen LogP contribution in [0.5, 0.6) is 11.5 Å². The van der Waals surface area contributed by atoms with E-state index in [0.29, 0.717) is 5.75 Å². The summed E-state index contributed by atoms with van der Waals surface area (Å²) in [6.07, 6.45) is 0. The Hall–Kier alpha value is -1.17. The zero-order chi connectivity index (χ0) is 12.3. The molecule has 6 heteroatoms. The number of carbonyl (C=O) groups is 1. The highest BCUT2D eigenvalue weighted by Gasteiger charge is 2.37. The van der Waals surface area contributed by atoms with Gasteiger partial charge in [-0.3, -0.25) is 4.79 Å². The monoisotopic (exact) mass is 294 g/mol. The van der Waals surface area contributed by atoms with Crippen LogP contribution < -0.4 is 9.47 Å². The Morgan fingerprint density at radius 2 is 1.94 bits per heavy atom. The van der Waals surface area contributed by atoms with Crippen LogP contribution >= 0.6 is 15.9 Å². The van der Waals surface area contributed by atoms with Crippen molar-refractivity contribution in [1.82, 2.24) is 0 Å². The summed E-state index contributed by atoms with van der Waals surface area (Å²) in [6, 6.07) is 4.01. The van der Waals surface area contributed by atoms with E-state index in [-0.39, 0.29) is 11.3 Å². The van der Waals surface area contributed by atoms with Gasteiger partial charge in [-0.05, 0) is 28.1 Å². The Morgan fingerprint density at radius 3 is 2.38 bits per heavy atom. The van der Waals surface area contributed by atoms with Gasteiger partial charge in [0.25, 0.3) is 0 Å². The summed E-state index contributed by atoms with van der Waals surface area (Å²) in [5.41, 5.74) is -0.204. The average Bonchev–Trinajstić information content (AvgIpc) is 2.26. The lowest BCUT2D eigenvalue weighted by Gasteiger charge is -2.12. The lowest BCUT2D eigenvalue weighted by atomic mass is 10.1. The normalized spacial score (nSPS) is 11.1. The number of ether oxygens (including phenoxy) is 2. The number of ketones is 1. The van der Waals surface area contributed by atoms with Crippen LogP contribution in [-0.4, -0.2) is 24.8 Å². The zero-order valence-corrected chi connectivity index (χ0v) is 10.2. The predicted molar refractivity (Wildman–Crippen MR) is 57.8 cm³/mol. The number of methoxy groups -OCH3 is 2. The van der Waals surface area contributed by atoms with Crippen molar-refractivity contribution in [3.05, 3.63) is 23.8 Å². The molecule has 0 N–H and O–H groups in total. The number of benzene rings is 1. The first-order chi connectivity index (χ1) is 7.40. The maximum Gasteiger partial charge on any atom is 0.363 e. The molecule has 3 nitrogen and oxygen atoms in total. The van der Waals surface area contributed by atoms with Gasteiger partial charge in [0.05, 0.1) is 19.8 Å². The van der Waals surface area contributed by atoms with Gasteiger partial charge < -0.3 is 9.47 Å². The van der Waals surface area contributed by atoms with Crippen LogP contribution in [0.1, 0.15) is 10.4 Å². The van der Waals surface area contributed by atoms with Gasteiger partial charge in [-0.15, -0.1) is 0 Å². The smallest absolute Gasteiger partial charge is 0.363 e. The quantitative estimate of drug-likeness (QED) is 0.633. The Kier molecular flexibility index (Phi) is 3.85. The molecule has 1 rings (SSSR count). The summed E-state index contributed by atoms with van der Waals surface area (Å²) in [5, 5.41) is 0. The van der Waals surface area contributed by atoms with Gasteiger partial charge >= 0.3 is 4.83 Å². The minimum absolute atomic E-state index is 0.0449. The SMILES string of the molecule is COc1ccc(C(=O)C(F)(F)Br)c(OC)c1. The van der Waals surface area contributed by atoms with E-state index in [1.807, 2.05) is 15.9 Å². The fourth-order valence-electron chi connectivity index (χ4n) is 1.14. The van der Waals surface area contributed by atoms with E-state index in [2.05, 4.69) is 0 Å². The van der Waals surface area contributed by atoms with Gasteiger partial charge in [0.1, 0.15) is 11.5 Å². The van der Waals surface area contributed by atoms with Gasteiger partial charge in [0, 0.05) is 6.07 Å². The molecule has 0 aliphatic heterocycles. The van der Waals surface area contributed by atoms with Crippen LogP contribution in [0.3, 0.4) is 0 Å². The van der Waals surface area contributed by atoms with Gasteiger partial charge in [0.2, 0.25) is 5.78 Å². The topological polar surface area (TPSA) is 35.5 Å². The third-order valence-electron chi connectivity index (χ3n) is 1.91. The van der Waals surface area contributed by atoms with Gasteiger partial charge in [-0.1, -0.05) is 0 Å². The Morgan fingerprint density at radius 1 is 1.31 bits per heavy atom. The van der Waals surface area contributed by atoms with E-state index in [9.17, 15) is 13.6 Å². The molecule has 0 spiro atoms. The fraction of sp³-hybridized carbons (Fsp3) is 0.300. The van der Waals surface area contributed by atoms with Crippen molar-refractivity contribution < 1.29 is 23.0 Å². The van der Waals surface area contributed by atoms with Crippen molar-refractivity contribution in [2.24, 2.45) is 0 Å². The molecule has 16 heavy (non-hydrogen) atoms. The molecule has 1 aromatic carbocycles. The number of rotatable bonds is 4. The van der Waals surface area contributed by atoms with E-state index >= 15 is 0 Å². The fourth-order valence-corrected chi connectivity index (χ4v) is 1.35. The molecule has 0 unspecified atom stereocenters. The van der Waals surface area contributed by atoms with Crippen molar-refractivity contribution in [2.75, 3.05) is 14.2 Å². The number of halogens is 3. The maximum absolute atomic E-state index is 12.8. The van der Waals surface area contributed by atoms with Crippen LogP contribution in [0.25, 0.3) is 0 Å². The highest BCUT2D eigenvalue weighted by atomic mass is 79.9. The summed E-state index contributed by atoms with van der Waals surface area (Å²) < 4.78 is 35.3. The molecular formula is C10H9BrF2O3. The van der Waals surface area contributed by atoms with Crippen molar-refractivity contribution in [2.45, 2.75) is 4.83 Å². The number of carbonyl (C=O) groups excluding carboxylic acids is 1. The Bertz CT molecular complexity index is 402. The second-order valence-electron chi connectivity index (χ2n) is 2.89. The van der Waals surface area contributed by atoms with Crippen molar-refractivity contribution in [1.29, 1.82) is 0 Å². The first-order valence-corrected chi connectivity index (χ1v) is 5.03. The number of Topliss-reactive ketones (excluding diaryl/α,β-unsaturated/α-hetero) is 1. The molecule has 0 aliphatic carbocycles. The molecule has 0 heterocycles. The molecule has 0 radical (unpaired) electrons. The van der Waals surface area contributed by atoms with Gasteiger partial charge in [0.15, 0.2) is 0 Å². The van der Waals surface area contributed by atoms with Crippen LogP contribution in [0.2, 0.25) is 0 Å². The maximum atomic E-state index is 12.8. The molecule has 0 atom stereocenters. The molecule has 0 saturated carbocycles.